The highest BCUT2D eigenvalue weighted by molar-refractivity contribution is 6.30. The minimum Gasteiger partial charge on any atom is -0.480 e. The number of aliphatic carboxylic acids is 1. The zero-order valence-electron chi connectivity index (χ0n) is 12.2. The molecule has 0 heterocycles. The molecule has 0 fully saturated rings. The van der Waals surface area contributed by atoms with Gasteiger partial charge in [0.25, 0.3) is 0 Å². The van der Waals surface area contributed by atoms with Crippen LogP contribution in [0.3, 0.4) is 0 Å². The predicted molar refractivity (Wildman–Crippen MR) is 82.2 cm³/mol. The largest absolute Gasteiger partial charge is 0.480 e. The summed E-state index contributed by atoms with van der Waals surface area (Å²) in [5, 5.41) is 15.3. The van der Waals surface area contributed by atoms with E-state index in [9.17, 15) is 9.59 Å². The van der Waals surface area contributed by atoms with Gasteiger partial charge in [-0.05, 0) is 31.0 Å². The maximum Gasteiger partial charge on any atom is 0.320 e. The second-order valence-electron chi connectivity index (χ2n) is 4.91. The Morgan fingerprint density at radius 1 is 1.29 bits per heavy atom. The van der Waals surface area contributed by atoms with Gasteiger partial charge in [-0.3, -0.25) is 14.9 Å². The first kappa shape index (κ1) is 17.5. The highest BCUT2D eigenvalue weighted by Gasteiger charge is 2.21. The average Bonchev–Trinajstić information content (AvgIpc) is 2.45. The number of nitrogens with one attached hydrogen (secondary N) is 2. The molecule has 1 aromatic carbocycles. The Labute approximate surface area is 129 Å². The van der Waals surface area contributed by atoms with E-state index >= 15 is 0 Å². The Hall–Kier alpha value is -1.59. The Kier molecular flexibility index (Phi) is 7.19. The van der Waals surface area contributed by atoms with Crippen LogP contribution in [-0.2, 0) is 16.1 Å². The third-order valence-corrected chi connectivity index (χ3v) is 3.35. The lowest BCUT2D eigenvalue weighted by Crippen LogP contribution is -2.49. The lowest BCUT2D eigenvalue weighted by atomic mass is 10.1. The maximum absolute atomic E-state index is 12.0. The van der Waals surface area contributed by atoms with Crippen molar-refractivity contribution in [2.45, 2.75) is 45.3 Å². The molecule has 3 N–H and O–H groups in total. The Morgan fingerprint density at radius 2 is 1.90 bits per heavy atom. The molecule has 0 aliphatic rings. The zero-order chi connectivity index (χ0) is 15.8. The molecule has 1 aromatic rings. The van der Waals surface area contributed by atoms with Crippen molar-refractivity contribution < 1.29 is 14.7 Å². The van der Waals surface area contributed by atoms with Crippen molar-refractivity contribution in [1.29, 1.82) is 0 Å². The normalized spacial score (nSPS) is 13.5. The van der Waals surface area contributed by atoms with Crippen LogP contribution in [0.1, 0.15) is 32.3 Å². The van der Waals surface area contributed by atoms with Gasteiger partial charge in [0.1, 0.15) is 6.04 Å². The van der Waals surface area contributed by atoms with Crippen LogP contribution in [-0.4, -0.2) is 29.1 Å². The molecule has 2 atom stereocenters. The molecule has 0 aliphatic heterocycles. The second-order valence-corrected chi connectivity index (χ2v) is 5.35. The SMILES string of the molecule is CCCC(NC(C)C(=O)NCc1ccc(Cl)cc1)C(=O)O. The lowest BCUT2D eigenvalue weighted by molar-refractivity contribution is -0.140. The van der Waals surface area contributed by atoms with E-state index in [1.165, 1.54) is 0 Å². The van der Waals surface area contributed by atoms with Crippen molar-refractivity contribution in [2.75, 3.05) is 0 Å². The molecule has 0 saturated carbocycles. The fourth-order valence-corrected chi connectivity index (χ4v) is 2.01. The van der Waals surface area contributed by atoms with E-state index in [1.807, 2.05) is 19.1 Å². The summed E-state index contributed by atoms with van der Waals surface area (Å²) >= 11 is 5.79. The smallest absolute Gasteiger partial charge is 0.320 e. The first-order valence-corrected chi connectivity index (χ1v) is 7.32. The van der Waals surface area contributed by atoms with Gasteiger partial charge in [-0.15, -0.1) is 0 Å². The lowest BCUT2D eigenvalue weighted by Gasteiger charge is -2.19. The number of amides is 1. The highest BCUT2D eigenvalue weighted by Crippen LogP contribution is 2.09. The van der Waals surface area contributed by atoms with Gasteiger partial charge in [-0.1, -0.05) is 37.1 Å². The molecule has 1 rings (SSSR count). The third kappa shape index (κ3) is 6.14. The monoisotopic (exact) mass is 312 g/mol. The van der Waals surface area contributed by atoms with Gasteiger partial charge < -0.3 is 10.4 Å². The van der Waals surface area contributed by atoms with Crippen LogP contribution in [0, 0.1) is 0 Å². The molecule has 6 heteroatoms. The van der Waals surface area contributed by atoms with Crippen molar-refractivity contribution in [3.05, 3.63) is 34.9 Å². The Bertz CT molecular complexity index is 476. The molecule has 2 unspecified atom stereocenters. The van der Waals surface area contributed by atoms with Crippen molar-refractivity contribution in [2.24, 2.45) is 0 Å². The summed E-state index contributed by atoms with van der Waals surface area (Å²) in [6.07, 6.45) is 1.23. The number of carboxylic acid groups (broad SMARTS) is 1. The van der Waals surface area contributed by atoms with Crippen LogP contribution < -0.4 is 10.6 Å². The molecular formula is C15H21ClN2O3. The van der Waals surface area contributed by atoms with Crippen LogP contribution in [0.25, 0.3) is 0 Å². The molecule has 0 saturated heterocycles. The van der Waals surface area contributed by atoms with E-state index in [4.69, 9.17) is 16.7 Å². The second kappa shape index (κ2) is 8.64. The van der Waals surface area contributed by atoms with Crippen molar-refractivity contribution in [3.8, 4) is 0 Å². The van der Waals surface area contributed by atoms with E-state index in [0.717, 1.165) is 12.0 Å². The number of rotatable bonds is 8. The number of carbonyl (C=O) groups is 2. The van der Waals surface area contributed by atoms with Crippen molar-refractivity contribution in [3.63, 3.8) is 0 Å². The fraction of sp³-hybridized carbons (Fsp3) is 0.467. The summed E-state index contributed by atoms with van der Waals surface area (Å²) in [6.45, 7) is 3.94. The number of hydrogen-bond acceptors (Lipinski definition) is 3. The Balaban J connectivity index is 2.46. The molecule has 5 nitrogen and oxygen atoms in total. The summed E-state index contributed by atoms with van der Waals surface area (Å²) in [6, 6.07) is 5.91. The van der Waals surface area contributed by atoms with Gasteiger partial charge in [0.2, 0.25) is 5.91 Å². The van der Waals surface area contributed by atoms with E-state index < -0.39 is 18.1 Å². The molecule has 21 heavy (non-hydrogen) atoms. The zero-order valence-corrected chi connectivity index (χ0v) is 13.0. The number of halogens is 1. The first-order chi connectivity index (χ1) is 9.93. The topological polar surface area (TPSA) is 78.4 Å². The van der Waals surface area contributed by atoms with E-state index in [0.29, 0.717) is 18.0 Å². The van der Waals surface area contributed by atoms with Crippen LogP contribution in [0.4, 0.5) is 0 Å². The molecule has 0 aromatic heterocycles. The minimum atomic E-state index is -0.936. The quantitative estimate of drug-likeness (QED) is 0.687. The summed E-state index contributed by atoms with van der Waals surface area (Å²) in [4.78, 5) is 23.0. The number of carboxylic acids is 1. The van der Waals surface area contributed by atoms with Gasteiger partial charge >= 0.3 is 5.97 Å². The van der Waals surface area contributed by atoms with E-state index in [2.05, 4.69) is 10.6 Å². The van der Waals surface area contributed by atoms with Crippen molar-refractivity contribution in [1.82, 2.24) is 10.6 Å². The average molecular weight is 313 g/mol. The van der Waals surface area contributed by atoms with E-state index in [1.54, 1.807) is 19.1 Å². The standard InChI is InChI=1S/C15H21ClN2O3/c1-3-4-13(15(20)21)18-10(2)14(19)17-9-11-5-7-12(16)8-6-11/h5-8,10,13,18H,3-4,9H2,1-2H3,(H,17,19)(H,20,21). The van der Waals surface area contributed by atoms with Gasteiger partial charge in [0.05, 0.1) is 6.04 Å². The predicted octanol–water partition coefficient (Wildman–Crippen LogP) is 2.19. The maximum atomic E-state index is 12.0. The molecular weight excluding hydrogens is 292 g/mol. The summed E-state index contributed by atoms with van der Waals surface area (Å²) < 4.78 is 0. The third-order valence-electron chi connectivity index (χ3n) is 3.10. The summed E-state index contributed by atoms with van der Waals surface area (Å²) in [5.41, 5.74) is 0.934. The van der Waals surface area contributed by atoms with Gasteiger partial charge in [-0.25, -0.2) is 0 Å². The molecule has 1 amide bonds. The molecule has 116 valence electrons. The van der Waals surface area contributed by atoms with Crippen LogP contribution >= 0.6 is 11.6 Å². The number of carbonyl (C=O) groups excluding carboxylic acids is 1. The molecule has 0 bridgehead atoms. The highest BCUT2D eigenvalue weighted by atomic mass is 35.5. The summed E-state index contributed by atoms with van der Waals surface area (Å²) in [7, 11) is 0. The molecule has 0 spiro atoms. The summed E-state index contributed by atoms with van der Waals surface area (Å²) in [5.74, 6) is -1.17. The van der Waals surface area contributed by atoms with Crippen molar-refractivity contribution >= 4 is 23.5 Å². The fourth-order valence-electron chi connectivity index (χ4n) is 1.89. The van der Waals surface area contributed by atoms with Crippen LogP contribution in [0.2, 0.25) is 5.02 Å². The van der Waals surface area contributed by atoms with Gasteiger partial charge in [-0.2, -0.15) is 0 Å². The molecule has 0 radical (unpaired) electrons. The van der Waals surface area contributed by atoms with Crippen LogP contribution in [0.15, 0.2) is 24.3 Å². The number of hydrogen-bond donors (Lipinski definition) is 3. The van der Waals surface area contributed by atoms with E-state index in [-0.39, 0.29) is 5.91 Å². The Morgan fingerprint density at radius 3 is 2.43 bits per heavy atom. The van der Waals surface area contributed by atoms with Crippen LogP contribution in [0.5, 0.6) is 0 Å². The van der Waals surface area contributed by atoms with Gasteiger partial charge in [0, 0.05) is 11.6 Å². The molecule has 0 aliphatic carbocycles. The number of benzene rings is 1. The minimum absolute atomic E-state index is 0.229. The van der Waals surface area contributed by atoms with Gasteiger partial charge in [0.15, 0.2) is 0 Å². The first-order valence-electron chi connectivity index (χ1n) is 6.95.